The van der Waals surface area contributed by atoms with Gasteiger partial charge in [0.15, 0.2) is 0 Å². The van der Waals surface area contributed by atoms with Crippen molar-refractivity contribution in [3.8, 4) is 0 Å². The van der Waals surface area contributed by atoms with Gasteiger partial charge in [-0.3, -0.25) is 4.79 Å². The molecule has 0 aromatic carbocycles. The van der Waals surface area contributed by atoms with E-state index in [1.807, 2.05) is 11.0 Å². The highest BCUT2D eigenvalue weighted by Gasteiger charge is 2.32. The van der Waals surface area contributed by atoms with Crippen LogP contribution in [0.2, 0.25) is 0 Å². The van der Waals surface area contributed by atoms with Crippen LogP contribution in [-0.4, -0.2) is 97.0 Å². The Morgan fingerprint density at radius 1 is 1.08 bits per heavy atom. The van der Waals surface area contributed by atoms with Crippen LogP contribution >= 0.6 is 0 Å². The molecule has 0 N–H and O–H groups in total. The number of likely N-dealkylation sites (N-methyl/N-ethyl adjacent to an activating group) is 2. The topological polar surface area (TPSA) is 55.8 Å². The number of hydrogen-bond donors (Lipinski definition) is 0. The van der Waals surface area contributed by atoms with E-state index in [0.29, 0.717) is 11.9 Å². The third-order valence-electron chi connectivity index (χ3n) is 5.41. The van der Waals surface area contributed by atoms with E-state index >= 15 is 0 Å². The maximum Gasteiger partial charge on any atom is 0.227 e. The molecule has 0 unspecified atom stereocenters. The molecule has 3 rings (SSSR count). The number of carbonyl (C=O) groups is 1. The van der Waals surface area contributed by atoms with Crippen molar-refractivity contribution < 1.29 is 4.79 Å². The zero-order valence-corrected chi connectivity index (χ0v) is 15.6. The smallest absolute Gasteiger partial charge is 0.227 e. The molecule has 25 heavy (non-hydrogen) atoms. The van der Waals surface area contributed by atoms with Gasteiger partial charge in [0.25, 0.3) is 0 Å². The van der Waals surface area contributed by atoms with Crippen LogP contribution in [0, 0.1) is 5.92 Å². The summed E-state index contributed by atoms with van der Waals surface area (Å²) in [6.45, 7) is 5.03. The fourth-order valence-electron chi connectivity index (χ4n) is 3.85. The van der Waals surface area contributed by atoms with Crippen LogP contribution in [0.15, 0.2) is 18.5 Å². The summed E-state index contributed by atoms with van der Waals surface area (Å²) in [5.41, 5.74) is 0. The number of piperazine rings is 1. The zero-order chi connectivity index (χ0) is 17.8. The van der Waals surface area contributed by atoms with Gasteiger partial charge in [-0.05, 0) is 40.1 Å². The van der Waals surface area contributed by atoms with Crippen LogP contribution in [-0.2, 0) is 4.79 Å². The summed E-state index contributed by atoms with van der Waals surface area (Å²) < 4.78 is 0. The molecule has 2 fully saturated rings. The SMILES string of the molecule is CN1C[C@H](C(=O)N2CCN(c3ncccn3)CC2)CC[C@H](N(C)C)C1. The summed E-state index contributed by atoms with van der Waals surface area (Å²) in [6, 6.07) is 2.36. The lowest BCUT2D eigenvalue weighted by molar-refractivity contribution is -0.136. The molecule has 138 valence electrons. The molecule has 7 nitrogen and oxygen atoms in total. The van der Waals surface area contributed by atoms with Crippen LogP contribution in [0.5, 0.6) is 0 Å². The van der Waals surface area contributed by atoms with Crippen LogP contribution in [0.25, 0.3) is 0 Å². The van der Waals surface area contributed by atoms with Crippen molar-refractivity contribution in [1.82, 2.24) is 24.7 Å². The fourth-order valence-corrected chi connectivity index (χ4v) is 3.85. The summed E-state index contributed by atoms with van der Waals surface area (Å²) in [6.07, 6.45) is 5.60. The van der Waals surface area contributed by atoms with E-state index in [1.165, 1.54) is 0 Å². The molecule has 1 aromatic rings. The third kappa shape index (κ3) is 4.46. The second-order valence-corrected chi connectivity index (χ2v) is 7.47. The van der Waals surface area contributed by atoms with Gasteiger partial charge in [0.05, 0.1) is 5.92 Å². The molecule has 2 aliphatic rings. The summed E-state index contributed by atoms with van der Waals surface area (Å²) in [7, 11) is 6.39. The van der Waals surface area contributed by atoms with Crippen molar-refractivity contribution in [2.75, 3.05) is 65.3 Å². The van der Waals surface area contributed by atoms with Gasteiger partial charge in [0, 0.05) is 57.7 Å². The Kier molecular flexibility index (Phi) is 5.86. The van der Waals surface area contributed by atoms with Gasteiger partial charge >= 0.3 is 0 Å². The maximum absolute atomic E-state index is 13.0. The van der Waals surface area contributed by atoms with Crippen LogP contribution in [0.3, 0.4) is 0 Å². The van der Waals surface area contributed by atoms with Crippen LogP contribution in [0.4, 0.5) is 5.95 Å². The second-order valence-electron chi connectivity index (χ2n) is 7.47. The number of carbonyl (C=O) groups excluding carboxylic acids is 1. The monoisotopic (exact) mass is 346 g/mol. The number of likely N-dealkylation sites (tertiary alicyclic amines) is 1. The van der Waals surface area contributed by atoms with Crippen molar-refractivity contribution in [2.45, 2.75) is 18.9 Å². The Morgan fingerprint density at radius 3 is 2.40 bits per heavy atom. The van der Waals surface area contributed by atoms with Gasteiger partial charge < -0.3 is 19.6 Å². The van der Waals surface area contributed by atoms with Crippen molar-refractivity contribution in [3.63, 3.8) is 0 Å². The Hall–Kier alpha value is -1.73. The van der Waals surface area contributed by atoms with Gasteiger partial charge in [-0.15, -0.1) is 0 Å². The molecule has 1 aromatic heterocycles. The molecule has 0 radical (unpaired) electrons. The molecular formula is C18H30N6O. The molecule has 0 aliphatic carbocycles. The first-order chi connectivity index (χ1) is 12.0. The minimum Gasteiger partial charge on any atom is -0.339 e. The largest absolute Gasteiger partial charge is 0.339 e. The number of hydrogen-bond acceptors (Lipinski definition) is 6. The first kappa shape index (κ1) is 18.1. The quantitative estimate of drug-likeness (QED) is 0.790. The minimum atomic E-state index is 0.120. The molecule has 2 aliphatic heterocycles. The summed E-state index contributed by atoms with van der Waals surface area (Å²) in [4.78, 5) is 30.4. The van der Waals surface area contributed by atoms with Crippen molar-refractivity contribution in [3.05, 3.63) is 18.5 Å². The molecule has 2 saturated heterocycles. The summed E-state index contributed by atoms with van der Waals surface area (Å²) in [5, 5.41) is 0. The average molecular weight is 346 g/mol. The maximum atomic E-state index is 13.0. The normalized spacial score (nSPS) is 25.9. The molecule has 0 bridgehead atoms. The van der Waals surface area contributed by atoms with Crippen molar-refractivity contribution >= 4 is 11.9 Å². The fraction of sp³-hybridized carbons (Fsp3) is 0.722. The standard InChI is InChI=1S/C18H30N6O/c1-21(2)16-6-5-15(13-22(3)14-16)17(25)23-9-11-24(12-10-23)18-19-7-4-8-20-18/h4,7-8,15-16H,5-6,9-14H2,1-3H3/t15-,16+/m1/s1. The van der Waals surface area contributed by atoms with Crippen LogP contribution < -0.4 is 4.90 Å². The average Bonchev–Trinajstić information content (AvgIpc) is 2.84. The third-order valence-corrected chi connectivity index (χ3v) is 5.41. The molecule has 1 amide bonds. The van der Waals surface area contributed by atoms with Crippen molar-refractivity contribution in [2.24, 2.45) is 5.92 Å². The van der Waals surface area contributed by atoms with E-state index in [2.05, 4.69) is 45.8 Å². The highest BCUT2D eigenvalue weighted by molar-refractivity contribution is 5.79. The number of rotatable bonds is 3. The van der Waals surface area contributed by atoms with E-state index < -0.39 is 0 Å². The lowest BCUT2D eigenvalue weighted by Gasteiger charge is -2.36. The molecule has 7 heteroatoms. The Balaban J connectivity index is 1.55. The second kappa shape index (κ2) is 8.10. The first-order valence-corrected chi connectivity index (χ1v) is 9.20. The van der Waals surface area contributed by atoms with E-state index in [-0.39, 0.29) is 5.92 Å². The zero-order valence-electron chi connectivity index (χ0n) is 15.6. The Bertz CT molecular complexity index is 558. The number of nitrogens with zero attached hydrogens (tertiary/aromatic N) is 6. The Labute approximate surface area is 150 Å². The highest BCUT2D eigenvalue weighted by Crippen LogP contribution is 2.21. The predicted octanol–water partition coefficient (Wildman–Crippen LogP) is 0.397. The highest BCUT2D eigenvalue weighted by atomic mass is 16.2. The van der Waals surface area contributed by atoms with E-state index in [1.54, 1.807) is 12.4 Å². The lowest BCUT2D eigenvalue weighted by atomic mass is 9.99. The Morgan fingerprint density at radius 2 is 1.76 bits per heavy atom. The van der Waals surface area contributed by atoms with Gasteiger partial charge in [-0.25, -0.2) is 9.97 Å². The van der Waals surface area contributed by atoms with E-state index in [0.717, 1.165) is 58.1 Å². The van der Waals surface area contributed by atoms with Gasteiger partial charge in [-0.1, -0.05) is 0 Å². The molecule has 2 atom stereocenters. The lowest BCUT2D eigenvalue weighted by Crippen LogP contribution is -2.51. The summed E-state index contributed by atoms with van der Waals surface area (Å²) >= 11 is 0. The molecule has 0 saturated carbocycles. The predicted molar refractivity (Wildman–Crippen MR) is 98.5 cm³/mol. The van der Waals surface area contributed by atoms with Gasteiger partial charge in [-0.2, -0.15) is 0 Å². The number of aromatic nitrogens is 2. The molecular weight excluding hydrogens is 316 g/mol. The molecule has 0 spiro atoms. The van der Waals surface area contributed by atoms with E-state index in [9.17, 15) is 4.79 Å². The minimum absolute atomic E-state index is 0.120. The van der Waals surface area contributed by atoms with Crippen molar-refractivity contribution in [1.29, 1.82) is 0 Å². The summed E-state index contributed by atoms with van der Waals surface area (Å²) in [5.74, 6) is 1.20. The van der Waals surface area contributed by atoms with Crippen LogP contribution in [0.1, 0.15) is 12.8 Å². The van der Waals surface area contributed by atoms with Gasteiger partial charge in [0.1, 0.15) is 0 Å². The van der Waals surface area contributed by atoms with Gasteiger partial charge in [0.2, 0.25) is 11.9 Å². The molecule has 3 heterocycles. The first-order valence-electron chi connectivity index (χ1n) is 9.20. The number of anilines is 1. The van der Waals surface area contributed by atoms with E-state index in [4.69, 9.17) is 0 Å². The number of amides is 1.